The molecule has 20 heavy (non-hydrogen) atoms. The van der Waals surface area contributed by atoms with E-state index in [0.29, 0.717) is 13.1 Å². The molecule has 2 aromatic heterocycles. The highest BCUT2D eigenvalue weighted by molar-refractivity contribution is 5.74. The number of para-hydroxylation sites is 1. The van der Waals surface area contributed by atoms with Crippen molar-refractivity contribution in [2.75, 3.05) is 0 Å². The lowest BCUT2D eigenvalue weighted by Gasteiger charge is -2.01. The number of aryl methyl sites for hydroxylation is 2. The monoisotopic (exact) mass is 264 g/mol. The SMILES string of the molecule is c1ccc2nn(CCn3nnc4ccccc43)nc2c1. The van der Waals surface area contributed by atoms with Crippen LogP contribution < -0.4 is 0 Å². The van der Waals surface area contributed by atoms with E-state index in [1.807, 2.05) is 53.2 Å². The second kappa shape index (κ2) is 4.41. The highest BCUT2D eigenvalue weighted by Crippen LogP contribution is 2.10. The molecule has 0 aliphatic rings. The van der Waals surface area contributed by atoms with Gasteiger partial charge in [0, 0.05) is 0 Å². The summed E-state index contributed by atoms with van der Waals surface area (Å²) in [7, 11) is 0. The topological polar surface area (TPSA) is 61.4 Å². The lowest BCUT2D eigenvalue weighted by atomic mass is 10.3. The molecule has 0 atom stereocenters. The molecule has 4 rings (SSSR count). The quantitative estimate of drug-likeness (QED) is 0.567. The zero-order valence-corrected chi connectivity index (χ0v) is 10.7. The van der Waals surface area contributed by atoms with E-state index in [1.54, 1.807) is 4.80 Å². The smallest absolute Gasteiger partial charge is 0.113 e. The molecule has 98 valence electrons. The Bertz CT molecular complexity index is 842. The van der Waals surface area contributed by atoms with Crippen molar-refractivity contribution in [2.24, 2.45) is 0 Å². The fourth-order valence-corrected chi connectivity index (χ4v) is 2.27. The van der Waals surface area contributed by atoms with Gasteiger partial charge in [0.05, 0.1) is 18.6 Å². The Hall–Kier alpha value is -2.76. The zero-order chi connectivity index (χ0) is 13.4. The van der Waals surface area contributed by atoms with E-state index < -0.39 is 0 Å². The van der Waals surface area contributed by atoms with Crippen LogP contribution in [0.25, 0.3) is 22.1 Å². The van der Waals surface area contributed by atoms with Crippen LogP contribution in [0.4, 0.5) is 0 Å². The van der Waals surface area contributed by atoms with Crippen molar-refractivity contribution in [3.05, 3.63) is 48.5 Å². The van der Waals surface area contributed by atoms with Gasteiger partial charge < -0.3 is 0 Å². The van der Waals surface area contributed by atoms with Crippen molar-refractivity contribution in [3.8, 4) is 0 Å². The summed E-state index contributed by atoms with van der Waals surface area (Å²) in [6.45, 7) is 1.36. The van der Waals surface area contributed by atoms with Crippen LogP contribution in [0.15, 0.2) is 48.5 Å². The summed E-state index contributed by atoms with van der Waals surface area (Å²) in [5.41, 5.74) is 3.77. The fourth-order valence-electron chi connectivity index (χ4n) is 2.27. The molecule has 0 saturated heterocycles. The third-order valence-corrected chi connectivity index (χ3v) is 3.26. The summed E-state index contributed by atoms with van der Waals surface area (Å²) < 4.78 is 1.88. The maximum Gasteiger partial charge on any atom is 0.113 e. The molecule has 0 radical (unpaired) electrons. The van der Waals surface area contributed by atoms with E-state index in [9.17, 15) is 0 Å². The fraction of sp³-hybridized carbons (Fsp3) is 0.143. The third-order valence-electron chi connectivity index (χ3n) is 3.26. The molecule has 0 amide bonds. The summed E-state index contributed by atoms with van der Waals surface area (Å²) in [5, 5.41) is 17.2. The highest BCUT2D eigenvalue weighted by atomic mass is 15.5. The minimum atomic E-state index is 0.669. The van der Waals surface area contributed by atoms with Crippen molar-refractivity contribution >= 4 is 22.1 Å². The Labute approximate surface area is 114 Å². The molecule has 0 unspecified atom stereocenters. The Morgan fingerprint density at radius 3 is 2.15 bits per heavy atom. The van der Waals surface area contributed by atoms with E-state index in [1.165, 1.54) is 0 Å². The van der Waals surface area contributed by atoms with Gasteiger partial charge >= 0.3 is 0 Å². The summed E-state index contributed by atoms with van der Waals surface area (Å²) >= 11 is 0. The second-order valence-electron chi connectivity index (χ2n) is 4.59. The molecule has 2 aromatic carbocycles. The molecule has 2 heterocycles. The van der Waals surface area contributed by atoms with Gasteiger partial charge in [0.25, 0.3) is 0 Å². The van der Waals surface area contributed by atoms with Crippen molar-refractivity contribution in [1.82, 2.24) is 30.0 Å². The first kappa shape index (κ1) is 11.1. The minimum absolute atomic E-state index is 0.669. The van der Waals surface area contributed by atoms with E-state index >= 15 is 0 Å². The lowest BCUT2D eigenvalue weighted by molar-refractivity contribution is 0.462. The van der Waals surface area contributed by atoms with Crippen LogP contribution in [0.3, 0.4) is 0 Å². The van der Waals surface area contributed by atoms with Gasteiger partial charge in [-0.05, 0) is 24.3 Å². The number of hydrogen-bond donors (Lipinski definition) is 0. The Morgan fingerprint density at radius 1 is 0.750 bits per heavy atom. The van der Waals surface area contributed by atoms with Crippen molar-refractivity contribution in [2.45, 2.75) is 13.1 Å². The first-order valence-electron chi connectivity index (χ1n) is 6.48. The van der Waals surface area contributed by atoms with Gasteiger partial charge in [0.2, 0.25) is 0 Å². The molecule has 0 bridgehead atoms. The second-order valence-corrected chi connectivity index (χ2v) is 4.59. The molecule has 0 aliphatic heterocycles. The average Bonchev–Trinajstić information content (AvgIpc) is 3.08. The maximum absolute atomic E-state index is 4.44. The van der Waals surface area contributed by atoms with Crippen LogP contribution in [0, 0.1) is 0 Å². The number of rotatable bonds is 3. The molecule has 0 saturated carbocycles. The number of fused-ring (bicyclic) bond motifs is 2. The predicted molar refractivity (Wildman–Crippen MR) is 75.1 cm³/mol. The van der Waals surface area contributed by atoms with E-state index in [-0.39, 0.29) is 0 Å². The average molecular weight is 264 g/mol. The van der Waals surface area contributed by atoms with E-state index in [2.05, 4.69) is 20.5 Å². The van der Waals surface area contributed by atoms with Gasteiger partial charge in [-0.15, -0.1) is 5.10 Å². The van der Waals surface area contributed by atoms with Gasteiger partial charge in [0.1, 0.15) is 16.6 Å². The molecular weight excluding hydrogens is 252 g/mol. The van der Waals surface area contributed by atoms with Crippen LogP contribution >= 0.6 is 0 Å². The van der Waals surface area contributed by atoms with Gasteiger partial charge in [-0.3, -0.25) is 0 Å². The standard InChI is InChI=1S/C14H12N6/c1-2-6-12-11(5-1)16-20(17-12)10-9-19-14-8-4-3-7-13(14)15-18-19/h1-8H,9-10H2. The van der Waals surface area contributed by atoms with Crippen LogP contribution in [0.1, 0.15) is 0 Å². The normalized spacial score (nSPS) is 11.4. The number of hydrogen-bond acceptors (Lipinski definition) is 4. The Kier molecular flexibility index (Phi) is 2.45. The summed E-state index contributed by atoms with van der Waals surface area (Å²) in [6.07, 6.45) is 0. The molecular formula is C14H12N6. The minimum Gasteiger partial charge on any atom is -0.243 e. The highest BCUT2D eigenvalue weighted by Gasteiger charge is 2.05. The zero-order valence-electron chi connectivity index (χ0n) is 10.7. The van der Waals surface area contributed by atoms with Gasteiger partial charge in [0.15, 0.2) is 0 Å². The van der Waals surface area contributed by atoms with Crippen LogP contribution in [-0.2, 0) is 13.1 Å². The maximum atomic E-state index is 4.44. The van der Waals surface area contributed by atoms with Gasteiger partial charge in [-0.2, -0.15) is 15.0 Å². The van der Waals surface area contributed by atoms with Crippen LogP contribution in [-0.4, -0.2) is 30.0 Å². The molecule has 0 fully saturated rings. The van der Waals surface area contributed by atoms with Crippen molar-refractivity contribution < 1.29 is 0 Å². The van der Waals surface area contributed by atoms with Crippen molar-refractivity contribution in [1.29, 1.82) is 0 Å². The number of nitrogens with zero attached hydrogens (tertiary/aromatic N) is 6. The molecule has 0 aliphatic carbocycles. The summed E-state index contributed by atoms with van der Waals surface area (Å²) in [5.74, 6) is 0. The molecule has 0 N–H and O–H groups in total. The summed E-state index contributed by atoms with van der Waals surface area (Å²) in [6, 6.07) is 15.8. The van der Waals surface area contributed by atoms with E-state index in [4.69, 9.17) is 0 Å². The largest absolute Gasteiger partial charge is 0.243 e. The van der Waals surface area contributed by atoms with E-state index in [0.717, 1.165) is 22.1 Å². The van der Waals surface area contributed by atoms with Gasteiger partial charge in [-0.1, -0.05) is 29.5 Å². The molecule has 4 aromatic rings. The third kappa shape index (κ3) is 1.82. The molecule has 6 nitrogen and oxygen atoms in total. The molecule has 0 spiro atoms. The van der Waals surface area contributed by atoms with Crippen LogP contribution in [0.2, 0.25) is 0 Å². The Balaban J connectivity index is 1.60. The van der Waals surface area contributed by atoms with Crippen LogP contribution in [0.5, 0.6) is 0 Å². The summed E-state index contributed by atoms with van der Waals surface area (Å²) in [4.78, 5) is 1.71. The number of aromatic nitrogens is 6. The first-order valence-corrected chi connectivity index (χ1v) is 6.48. The van der Waals surface area contributed by atoms with Gasteiger partial charge in [-0.25, -0.2) is 4.68 Å². The number of benzene rings is 2. The lowest BCUT2D eigenvalue weighted by Crippen LogP contribution is -2.11. The predicted octanol–water partition coefficient (Wildman–Crippen LogP) is 1.88. The molecule has 6 heteroatoms. The first-order chi connectivity index (χ1) is 9.90. The Morgan fingerprint density at radius 2 is 1.40 bits per heavy atom. The van der Waals surface area contributed by atoms with Crippen molar-refractivity contribution in [3.63, 3.8) is 0 Å².